The Balaban J connectivity index is 1.60. The zero-order valence-electron chi connectivity index (χ0n) is 15.3. The molecule has 0 saturated carbocycles. The molecule has 0 bridgehead atoms. The molecule has 2 aromatic carbocycles. The molecule has 1 N–H and O–H groups in total. The third-order valence-electron chi connectivity index (χ3n) is 4.47. The van der Waals surface area contributed by atoms with Crippen molar-refractivity contribution in [3.05, 3.63) is 65.2 Å². The quantitative estimate of drug-likeness (QED) is 0.708. The van der Waals surface area contributed by atoms with E-state index in [4.69, 9.17) is 9.47 Å². The first-order valence-electron chi connectivity index (χ1n) is 8.55. The van der Waals surface area contributed by atoms with Crippen LogP contribution in [0.25, 0.3) is 5.69 Å². The Bertz CT molecular complexity index is 1140. The van der Waals surface area contributed by atoms with E-state index in [0.717, 1.165) is 5.56 Å². The first-order chi connectivity index (χ1) is 13.3. The van der Waals surface area contributed by atoms with Crippen LogP contribution in [0.1, 0.15) is 17.0 Å². The van der Waals surface area contributed by atoms with Gasteiger partial charge in [0.2, 0.25) is 16.8 Å². The van der Waals surface area contributed by atoms with Gasteiger partial charge in [-0.3, -0.25) is 0 Å². The molecule has 0 spiro atoms. The highest BCUT2D eigenvalue weighted by atomic mass is 32.2. The maximum absolute atomic E-state index is 13.2. The fourth-order valence-corrected chi connectivity index (χ4v) is 4.56. The lowest BCUT2D eigenvalue weighted by molar-refractivity contribution is 0.174. The minimum Gasteiger partial charge on any atom is -0.454 e. The summed E-state index contributed by atoms with van der Waals surface area (Å²) in [6.45, 7) is 3.55. The lowest BCUT2D eigenvalue weighted by Gasteiger charge is -2.09. The van der Waals surface area contributed by atoms with Crippen LogP contribution < -0.4 is 14.2 Å². The Morgan fingerprint density at radius 2 is 1.82 bits per heavy atom. The van der Waals surface area contributed by atoms with Crippen LogP contribution in [0.5, 0.6) is 11.5 Å². The van der Waals surface area contributed by atoms with Crippen molar-refractivity contribution in [3.63, 3.8) is 0 Å². The summed E-state index contributed by atoms with van der Waals surface area (Å²) in [5, 5.41) is 4.32. The number of rotatable bonds is 5. The first kappa shape index (κ1) is 18.5. The Morgan fingerprint density at radius 1 is 1.11 bits per heavy atom. The van der Waals surface area contributed by atoms with E-state index in [0.29, 0.717) is 28.6 Å². The highest BCUT2D eigenvalue weighted by Crippen LogP contribution is 2.32. The second-order valence-corrected chi connectivity index (χ2v) is 8.10. The van der Waals surface area contributed by atoms with E-state index in [1.807, 2.05) is 0 Å². The number of aryl methyl sites for hydroxylation is 1. The van der Waals surface area contributed by atoms with E-state index in [2.05, 4.69) is 9.82 Å². The fourth-order valence-electron chi connectivity index (χ4n) is 3.15. The topological polar surface area (TPSA) is 82.5 Å². The fraction of sp³-hybridized carbons (Fsp3) is 0.211. The van der Waals surface area contributed by atoms with Gasteiger partial charge in [0.1, 0.15) is 10.7 Å². The number of aromatic nitrogens is 2. The van der Waals surface area contributed by atoms with Gasteiger partial charge in [0.25, 0.3) is 0 Å². The molecule has 0 fully saturated rings. The van der Waals surface area contributed by atoms with Crippen LogP contribution in [0.3, 0.4) is 0 Å². The molecule has 0 radical (unpaired) electrons. The molecule has 0 saturated heterocycles. The van der Waals surface area contributed by atoms with Crippen LogP contribution in [0.4, 0.5) is 4.39 Å². The molecule has 1 aliphatic rings. The minimum atomic E-state index is -3.81. The van der Waals surface area contributed by atoms with Crippen LogP contribution in [0.2, 0.25) is 0 Å². The molecule has 146 valence electrons. The summed E-state index contributed by atoms with van der Waals surface area (Å²) in [5.41, 5.74) is 2.13. The van der Waals surface area contributed by atoms with Gasteiger partial charge < -0.3 is 9.47 Å². The van der Waals surface area contributed by atoms with Crippen LogP contribution in [-0.4, -0.2) is 25.0 Å². The molecule has 0 aliphatic carbocycles. The molecule has 3 aromatic rings. The highest BCUT2D eigenvalue weighted by molar-refractivity contribution is 7.89. The first-order valence-corrected chi connectivity index (χ1v) is 10.0. The molecule has 28 heavy (non-hydrogen) atoms. The lowest BCUT2D eigenvalue weighted by Crippen LogP contribution is -2.24. The monoisotopic (exact) mass is 403 g/mol. The molecule has 0 amide bonds. The van der Waals surface area contributed by atoms with Gasteiger partial charge >= 0.3 is 0 Å². The average Bonchev–Trinajstić information content (AvgIpc) is 3.24. The number of ether oxygens (including phenoxy) is 2. The second-order valence-electron chi connectivity index (χ2n) is 6.40. The van der Waals surface area contributed by atoms with Gasteiger partial charge in [-0.2, -0.15) is 5.10 Å². The zero-order valence-corrected chi connectivity index (χ0v) is 16.1. The number of fused-ring (bicyclic) bond motifs is 1. The summed E-state index contributed by atoms with van der Waals surface area (Å²) in [6, 6.07) is 11.0. The predicted molar refractivity (Wildman–Crippen MR) is 99.6 cm³/mol. The van der Waals surface area contributed by atoms with Crippen molar-refractivity contribution in [1.82, 2.24) is 14.5 Å². The second kappa shape index (κ2) is 6.92. The van der Waals surface area contributed by atoms with E-state index in [1.165, 1.54) is 16.8 Å². The van der Waals surface area contributed by atoms with Gasteiger partial charge in [-0.25, -0.2) is 22.2 Å². The molecule has 0 unspecified atom stereocenters. The van der Waals surface area contributed by atoms with Crippen LogP contribution in [0, 0.1) is 19.7 Å². The van der Waals surface area contributed by atoms with Crippen molar-refractivity contribution in [1.29, 1.82) is 0 Å². The van der Waals surface area contributed by atoms with E-state index in [1.54, 1.807) is 44.2 Å². The molecular weight excluding hydrogens is 385 g/mol. The molecule has 7 nitrogen and oxygen atoms in total. The zero-order chi connectivity index (χ0) is 19.9. The van der Waals surface area contributed by atoms with Crippen molar-refractivity contribution >= 4 is 10.0 Å². The van der Waals surface area contributed by atoms with Gasteiger partial charge in [-0.15, -0.1) is 0 Å². The summed E-state index contributed by atoms with van der Waals surface area (Å²) in [6.07, 6.45) is 0. The van der Waals surface area contributed by atoms with Gasteiger partial charge in [0, 0.05) is 6.54 Å². The van der Waals surface area contributed by atoms with Crippen molar-refractivity contribution in [3.8, 4) is 17.2 Å². The van der Waals surface area contributed by atoms with Crippen molar-refractivity contribution < 1.29 is 22.3 Å². The van der Waals surface area contributed by atoms with Crippen LogP contribution in [0.15, 0.2) is 47.4 Å². The number of halogens is 1. The average molecular weight is 403 g/mol. The summed E-state index contributed by atoms with van der Waals surface area (Å²) in [5.74, 6) is 0.857. The van der Waals surface area contributed by atoms with E-state index in [-0.39, 0.29) is 24.1 Å². The number of benzene rings is 2. The number of hydrogen-bond donors (Lipinski definition) is 1. The third kappa shape index (κ3) is 3.34. The van der Waals surface area contributed by atoms with Gasteiger partial charge in [0.15, 0.2) is 11.5 Å². The maximum Gasteiger partial charge on any atom is 0.244 e. The third-order valence-corrected chi connectivity index (χ3v) is 6.12. The molecule has 4 rings (SSSR count). The largest absolute Gasteiger partial charge is 0.454 e. The Labute approximate surface area is 161 Å². The SMILES string of the molecule is Cc1nn(-c2ccc(F)cc2)c(C)c1S(=O)(=O)NCc1ccc2c(c1)OCO2. The summed E-state index contributed by atoms with van der Waals surface area (Å²) < 4.78 is 53.6. The van der Waals surface area contributed by atoms with Crippen LogP contribution >= 0.6 is 0 Å². The lowest BCUT2D eigenvalue weighted by atomic mass is 10.2. The minimum absolute atomic E-state index is 0.0968. The summed E-state index contributed by atoms with van der Waals surface area (Å²) >= 11 is 0. The molecule has 0 atom stereocenters. The van der Waals surface area contributed by atoms with E-state index >= 15 is 0 Å². The van der Waals surface area contributed by atoms with E-state index < -0.39 is 10.0 Å². The van der Waals surface area contributed by atoms with Crippen molar-refractivity contribution in [2.75, 3.05) is 6.79 Å². The molecular formula is C19H18FN3O4S. The standard InChI is InChI=1S/C19H18FN3O4S/c1-12-19(13(2)23(22-12)16-6-4-15(20)5-7-16)28(24,25)21-10-14-3-8-17-18(9-14)27-11-26-17/h3-9,21H,10-11H2,1-2H3. The van der Waals surface area contributed by atoms with Crippen molar-refractivity contribution in [2.45, 2.75) is 25.3 Å². The number of nitrogens with one attached hydrogen (secondary N) is 1. The number of sulfonamides is 1. The smallest absolute Gasteiger partial charge is 0.244 e. The van der Waals surface area contributed by atoms with Gasteiger partial charge in [-0.1, -0.05) is 6.07 Å². The summed E-state index contributed by atoms with van der Waals surface area (Å²) in [4.78, 5) is 0.109. The molecule has 1 aromatic heterocycles. The summed E-state index contributed by atoms with van der Waals surface area (Å²) in [7, 11) is -3.81. The van der Waals surface area contributed by atoms with Gasteiger partial charge in [-0.05, 0) is 55.8 Å². The maximum atomic E-state index is 13.2. The Kier molecular flexibility index (Phi) is 4.56. The number of hydrogen-bond acceptors (Lipinski definition) is 5. The normalized spacial score (nSPS) is 13.1. The van der Waals surface area contributed by atoms with Crippen molar-refractivity contribution in [2.24, 2.45) is 0 Å². The Hall–Kier alpha value is -2.91. The molecule has 9 heteroatoms. The number of nitrogens with zero attached hydrogens (tertiary/aromatic N) is 2. The Morgan fingerprint density at radius 3 is 2.57 bits per heavy atom. The van der Waals surface area contributed by atoms with Gasteiger partial charge in [0.05, 0.1) is 17.1 Å². The van der Waals surface area contributed by atoms with E-state index in [9.17, 15) is 12.8 Å². The predicted octanol–water partition coefficient (Wildman–Crippen LogP) is 2.84. The molecule has 1 aliphatic heterocycles. The molecule has 2 heterocycles. The highest BCUT2D eigenvalue weighted by Gasteiger charge is 2.25. The van der Waals surface area contributed by atoms with Crippen LogP contribution in [-0.2, 0) is 16.6 Å².